The van der Waals surface area contributed by atoms with E-state index in [2.05, 4.69) is 32.2 Å². The lowest BCUT2D eigenvalue weighted by Crippen LogP contribution is -2.03. The molecule has 1 rings (SSSR count). The van der Waals surface area contributed by atoms with E-state index in [0.717, 1.165) is 23.9 Å². The van der Waals surface area contributed by atoms with E-state index in [0.29, 0.717) is 10.8 Å². The molecule has 1 heterocycles. The summed E-state index contributed by atoms with van der Waals surface area (Å²) in [4.78, 5) is 4.13. The van der Waals surface area contributed by atoms with E-state index >= 15 is 0 Å². The van der Waals surface area contributed by atoms with Gasteiger partial charge < -0.3 is 5.32 Å². The molecule has 1 aromatic rings. The van der Waals surface area contributed by atoms with Crippen LogP contribution in [0.5, 0.6) is 0 Å². The van der Waals surface area contributed by atoms with Crippen LogP contribution < -0.4 is 5.32 Å². The largest absolute Gasteiger partial charge is 0.369 e. The smallest absolute Gasteiger partial charge is 0.144 e. The van der Waals surface area contributed by atoms with Crippen molar-refractivity contribution in [2.24, 2.45) is 0 Å². The van der Waals surface area contributed by atoms with Gasteiger partial charge in [-0.05, 0) is 28.4 Å². The molecule has 1 aromatic heterocycles. The molecule has 0 aliphatic heterocycles. The van der Waals surface area contributed by atoms with E-state index in [-0.39, 0.29) is 0 Å². The van der Waals surface area contributed by atoms with Gasteiger partial charge >= 0.3 is 0 Å². The maximum atomic E-state index is 5.95. The van der Waals surface area contributed by atoms with E-state index in [1.807, 2.05) is 0 Å². The molecule has 14 heavy (non-hydrogen) atoms. The van der Waals surface area contributed by atoms with Gasteiger partial charge in [0.25, 0.3) is 0 Å². The Hall–Kier alpha value is -0.720. The fraction of sp³-hybridized carbons (Fsp3) is 0.300. The van der Waals surface area contributed by atoms with Crippen molar-refractivity contribution in [1.29, 1.82) is 0 Å². The molecular formula is C10H10BrClN2. The Morgan fingerprint density at radius 2 is 2.43 bits per heavy atom. The number of nitrogens with zero attached hydrogens (tertiary/aromatic N) is 1. The van der Waals surface area contributed by atoms with Gasteiger partial charge in [-0.2, -0.15) is 0 Å². The van der Waals surface area contributed by atoms with Crippen LogP contribution in [-0.4, -0.2) is 11.5 Å². The molecule has 0 saturated carbocycles. The second-order valence-electron chi connectivity index (χ2n) is 2.72. The van der Waals surface area contributed by atoms with Crippen LogP contribution in [0.2, 0.25) is 5.02 Å². The Kier molecular flexibility index (Phi) is 4.78. The summed E-state index contributed by atoms with van der Waals surface area (Å²) in [6, 6.07) is 1.80. The van der Waals surface area contributed by atoms with Crippen LogP contribution in [0, 0.1) is 12.3 Å². The minimum Gasteiger partial charge on any atom is -0.369 e. The summed E-state index contributed by atoms with van der Waals surface area (Å²) < 4.78 is 0.872. The van der Waals surface area contributed by atoms with Crippen molar-refractivity contribution in [2.45, 2.75) is 12.8 Å². The molecule has 0 aliphatic carbocycles. The number of halogens is 2. The minimum absolute atomic E-state index is 0.611. The maximum Gasteiger partial charge on any atom is 0.144 e. The third kappa shape index (κ3) is 3.57. The molecule has 74 valence electrons. The predicted octanol–water partition coefficient (Wildman–Crippen LogP) is 3.32. The highest BCUT2D eigenvalue weighted by atomic mass is 79.9. The zero-order chi connectivity index (χ0) is 10.4. The highest BCUT2D eigenvalue weighted by Gasteiger charge is 2.00. The summed E-state index contributed by atoms with van der Waals surface area (Å²) in [7, 11) is 0. The van der Waals surface area contributed by atoms with Crippen molar-refractivity contribution >= 4 is 33.3 Å². The van der Waals surface area contributed by atoms with Crippen LogP contribution in [0.15, 0.2) is 16.7 Å². The fourth-order valence-electron chi connectivity index (χ4n) is 0.942. The zero-order valence-electron chi connectivity index (χ0n) is 7.56. The molecule has 0 fully saturated rings. The molecule has 0 atom stereocenters. The van der Waals surface area contributed by atoms with Gasteiger partial charge in [0.2, 0.25) is 0 Å². The third-order valence-corrected chi connectivity index (χ3v) is 2.32. The SMILES string of the molecule is C#CCCCNc1ncc(Br)cc1Cl. The van der Waals surface area contributed by atoms with Crippen LogP contribution in [0.4, 0.5) is 5.82 Å². The first-order chi connectivity index (χ1) is 6.74. The van der Waals surface area contributed by atoms with Crippen LogP contribution in [0.25, 0.3) is 0 Å². The van der Waals surface area contributed by atoms with Crippen LogP contribution in [0.3, 0.4) is 0 Å². The summed E-state index contributed by atoms with van der Waals surface area (Å²) >= 11 is 9.24. The number of terminal acetylenes is 1. The van der Waals surface area contributed by atoms with Crippen molar-refractivity contribution in [3.63, 3.8) is 0 Å². The molecule has 0 spiro atoms. The summed E-state index contributed by atoms with van der Waals surface area (Å²) in [5, 5.41) is 3.73. The Bertz CT molecular complexity index is 346. The molecule has 4 heteroatoms. The van der Waals surface area contributed by atoms with Crippen molar-refractivity contribution in [3.8, 4) is 12.3 Å². The first-order valence-electron chi connectivity index (χ1n) is 4.22. The quantitative estimate of drug-likeness (QED) is 0.672. The number of hydrogen-bond donors (Lipinski definition) is 1. The molecule has 0 bridgehead atoms. The lowest BCUT2D eigenvalue weighted by Gasteiger charge is -2.05. The molecule has 0 aromatic carbocycles. The first kappa shape index (κ1) is 11.4. The summed E-state index contributed by atoms with van der Waals surface area (Å²) in [6.45, 7) is 0.790. The topological polar surface area (TPSA) is 24.9 Å². The Morgan fingerprint density at radius 1 is 1.64 bits per heavy atom. The van der Waals surface area contributed by atoms with Crippen LogP contribution in [-0.2, 0) is 0 Å². The number of hydrogen-bond acceptors (Lipinski definition) is 2. The van der Waals surface area contributed by atoms with Crippen LogP contribution in [0.1, 0.15) is 12.8 Å². The van der Waals surface area contributed by atoms with E-state index in [1.54, 1.807) is 12.3 Å². The normalized spacial score (nSPS) is 9.50. The minimum atomic E-state index is 0.611. The number of pyridine rings is 1. The number of rotatable bonds is 4. The van der Waals surface area contributed by atoms with Crippen LogP contribution >= 0.6 is 27.5 Å². The Labute approximate surface area is 97.2 Å². The average Bonchev–Trinajstić information content (AvgIpc) is 2.15. The van der Waals surface area contributed by atoms with Gasteiger partial charge in [0, 0.05) is 23.6 Å². The molecular weight excluding hydrogens is 263 g/mol. The molecule has 2 nitrogen and oxygen atoms in total. The second-order valence-corrected chi connectivity index (χ2v) is 4.04. The highest BCUT2D eigenvalue weighted by molar-refractivity contribution is 9.10. The standard InChI is InChI=1S/C10H10BrClN2/c1-2-3-4-5-13-10-9(12)6-8(11)7-14-10/h1,6-7H,3-5H2,(H,13,14). The molecule has 0 amide bonds. The fourth-order valence-corrected chi connectivity index (χ4v) is 1.64. The molecule has 0 saturated heterocycles. The summed E-state index contributed by atoms with van der Waals surface area (Å²) in [5.41, 5.74) is 0. The van der Waals surface area contributed by atoms with Crippen molar-refractivity contribution in [3.05, 3.63) is 21.8 Å². The molecule has 0 unspecified atom stereocenters. The van der Waals surface area contributed by atoms with Gasteiger partial charge in [0.1, 0.15) is 5.82 Å². The van der Waals surface area contributed by atoms with Crippen molar-refractivity contribution in [1.82, 2.24) is 4.98 Å². The number of nitrogens with one attached hydrogen (secondary N) is 1. The van der Waals surface area contributed by atoms with Crippen molar-refractivity contribution < 1.29 is 0 Å². The number of aromatic nitrogens is 1. The van der Waals surface area contributed by atoms with Gasteiger partial charge in [-0.15, -0.1) is 12.3 Å². The number of anilines is 1. The van der Waals surface area contributed by atoms with E-state index in [4.69, 9.17) is 18.0 Å². The average molecular weight is 274 g/mol. The molecule has 1 N–H and O–H groups in total. The van der Waals surface area contributed by atoms with E-state index in [1.165, 1.54) is 0 Å². The van der Waals surface area contributed by atoms with E-state index in [9.17, 15) is 0 Å². The second kappa shape index (κ2) is 5.90. The molecule has 0 aliphatic rings. The first-order valence-corrected chi connectivity index (χ1v) is 5.39. The maximum absolute atomic E-state index is 5.95. The lowest BCUT2D eigenvalue weighted by atomic mass is 10.3. The van der Waals surface area contributed by atoms with Gasteiger partial charge in [0.05, 0.1) is 5.02 Å². The number of unbranched alkanes of at least 4 members (excludes halogenated alkanes) is 1. The molecule has 0 radical (unpaired) electrons. The van der Waals surface area contributed by atoms with Gasteiger partial charge in [-0.25, -0.2) is 4.98 Å². The highest BCUT2D eigenvalue weighted by Crippen LogP contribution is 2.22. The Morgan fingerprint density at radius 3 is 3.07 bits per heavy atom. The van der Waals surface area contributed by atoms with Gasteiger partial charge in [0.15, 0.2) is 0 Å². The summed E-state index contributed by atoms with van der Waals surface area (Å²) in [6.07, 6.45) is 8.52. The summed E-state index contributed by atoms with van der Waals surface area (Å²) in [5.74, 6) is 3.28. The Balaban J connectivity index is 2.47. The van der Waals surface area contributed by atoms with E-state index < -0.39 is 0 Å². The lowest BCUT2D eigenvalue weighted by molar-refractivity contribution is 0.901. The third-order valence-electron chi connectivity index (χ3n) is 1.60. The monoisotopic (exact) mass is 272 g/mol. The van der Waals surface area contributed by atoms with Gasteiger partial charge in [-0.3, -0.25) is 0 Å². The van der Waals surface area contributed by atoms with Crippen molar-refractivity contribution in [2.75, 3.05) is 11.9 Å². The van der Waals surface area contributed by atoms with Gasteiger partial charge in [-0.1, -0.05) is 11.6 Å². The predicted molar refractivity (Wildman–Crippen MR) is 63.5 cm³/mol. The zero-order valence-corrected chi connectivity index (χ0v) is 9.90.